The van der Waals surface area contributed by atoms with Gasteiger partial charge in [-0.3, -0.25) is 4.79 Å². The minimum Gasteiger partial charge on any atom is -0.399 e. The molecule has 20 heavy (non-hydrogen) atoms. The van der Waals surface area contributed by atoms with Gasteiger partial charge in [0.15, 0.2) is 5.78 Å². The molecule has 3 nitrogen and oxygen atoms in total. The van der Waals surface area contributed by atoms with Crippen molar-refractivity contribution < 1.29 is 4.79 Å². The summed E-state index contributed by atoms with van der Waals surface area (Å²) in [7, 11) is 0. The molecule has 0 saturated carbocycles. The Balaban J connectivity index is 2.15. The maximum Gasteiger partial charge on any atom is 0.195 e. The summed E-state index contributed by atoms with van der Waals surface area (Å²) in [5, 5.41) is 1.40. The average molecular weight is 350 g/mol. The summed E-state index contributed by atoms with van der Waals surface area (Å²) < 4.78 is 0.777. The Morgan fingerprint density at radius 3 is 2.75 bits per heavy atom. The molecule has 2 aromatic carbocycles. The van der Waals surface area contributed by atoms with Gasteiger partial charge in [-0.25, -0.2) is 0 Å². The lowest BCUT2D eigenvalue weighted by molar-refractivity contribution is 0.104. The van der Waals surface area contributed by atoms with Gasteiger partial charge >= 0.3 is 0 Å². The first-order valence-corrected chi connectivity index (χ1v) is 7.09. The highest BCUT2D eigenvalue weighted by molar-refractivity contribution is 9.10. The third-order valence-corrected chi connectivity index (χ3v) is 3.76. The van der Waals surface area contributed by atoms with E-state index in [1.54, 1.807) is 36.5 Å². The molecule has 3 aromatic rings. The number of hydrogen-bond donors (Lipinski definition) is 2. The lowest BCUT2D eigenvalue weighted by Gasteiger charge is -2.03. The molecule has 0 aliphatic rings. The second-order valence-electron chi connectivity index (χ2n) is 4.49. The molecule has 3 N–H and O–H groups in total. The molecule has 1 heterocycles. The number of benzene rings is 2. The highest BCUT2D eigenvalue weighted by Gasteiger charge is 2.15. The number of anilines is 1. The van der Waals surface area contributed by atoms with Crippen molar-refractivity contribution in [3.63, 3.8) is 0 Å². The van der Waals surface area contributed by atoms with E-state index in [1.807, 2.05) is 6.07 Å². The summed E-state index contributed by atoms with van der Waals surface area (Å²) in [6.45, 7) is 0. The predicted octanol–water partition coefficient (Wildman–Crippen LogP) is 4.40. The molecule has 0 fully saturated rings. The van der Waals surface area contributed by atoms with Gasteiger partial charge in [0.25, 0.3) is 0 Å². The van der Waals surface area contributed by atoms with Crippen LogP contribution in [0.3, 0.4) is 0 Å². The Kier molecular flexibility index (Phi) is 3.28. The largest absolute Gasteiger partial charge is 0.399 e. The first-order chi connectivity index (χ1) is 9.54. The minimum absolute atomic E-state index is 0.0912. The van der Waals surface area contributed by atoms with Crippen LogP contribution in [0.2, 0.25) is 5.02 Å². The van der Waals surface area contributed by atoms with Gasteiger partial charge in [-0.05, 0) is 36.4 Å². The van der Waals surface area contributed by atoms with Crippen LogP contribution in [0.15, 0.2) is 47.1 Å². The maximum absolute atomic E-state index is 12.6. The van der Waals surface area contributed by atoms with E-state index in [4.69, 9.17) is 17.3 Å². The van der Waals surface area contributed by atoms with Crippen LogP contribution < -0.4 is 5.73 Å². The molecule has 0 spiro atoms. The number of nitrogens with one attached hydrogen (secondary N) is 1. The zero-order valence-corrected chi connectivity index (χ0v) is 12.6. The van der Waals surface area contributed by atoms with Crippen molar-refractivity contribution in [3.8, 4) is 0 Å². The Morgan fingerprint density at radius 2 is 2.00 bits per heavy atom. The van der Waals surface area contributed by atoms with Crippen LogP contribution in [0, 0.1) is 0 Å². The fraction of sp³-hybridized carbons (Fsp3) is 0. The van der Waals surface area contributed by atoms with Crippen molar-refractivity contribution in [2.75, 3.05) is 5.73 Å². The number of hydrogen-bond acceptors (Lipinski definition) is 2. The summed E-state index contributed by atoms with van der Waals surface area (Å²) in [6, 6.07) is 10.6. The Labute approximate surface area is 128 Å². The fourth-order valence-corrected chi connectivity index (χ4v) is 2.86. The van der Waals surface area contributed by atoms with E-state index in [-0.39, 0.29) is 5.78 Å². The van der Waals surface area contributed by atoms with Crippen LogP contribution in [-0.2, 0) is 0 Å². The van der Waals surface area contributed by atoms with Crippen LogP contribution in [0.5, 0.6) is 0 Å². The van der Waals surface area contributed by atoms with E-state index in [0.717, 1.165) is 15.4 Å². The van der Waals surface area contributed by atoms with Crippen molar-refractivity contribution in [1.82, 2.24) is 4.98 Å². The number of rotatable bonds is 2. The summed E-state index contributed by atoms with van der Waals surface area (Å²) in [6.07, 6.45) is 1.69. The zero-order valence-electron chi connectivity index (χ0n) is 10.3. The quantitative estimate of drug-likeness (QED) is 0.532. The number of halogens is 2. The third kappa shape index (κ3) is 2.32. The summed E-state index contributed by atoms with van der Waals surface area (Å²) >= 11 is 9.34. The molecule has 0 unspecified atom stereocenters. The molecule has 0 radical (unpaired) electrons. The Morgan fingerprint density at radius 1 is 1.20 bits per heavy atom. The molecule has 3 rings (SSSR count). The molecule has 0 atom stereocenters. The van der Waals surface area contributed by atoms with Crippen molar-refractivity contribution in [2.45, 2.75) is 0 Å². The minimum atomic E-state index is -0.0912. The molecule has 100 valence electrons. The second-order valence-corrected chi connectivity index (χ2v) is 5.85. The highest BCUT2D eigenvalue weighted by Crippen LogP contribution is 2.26. The monoisotopic (exact) mass is 348 g/mol. The van der Waals surface area contributed by atoms with Crippen LogP contribution in [0.1, 0.15) is 15.9 Å². The number of nitrogens with two attached hydrogens (primary N) is 1. The smallest absolute Gasteiger partial charge is 0.195 e. The zero-order chi connectivity index (χ0) is 14.3. The summed E-state index contributed by atoms with van der Waals surface area (Å²) in [5.74, 6) is -0.0912. The Hall–Kier alpha value is -1.78. The lowest BCUT2D eigenvalue weighted by atomic mass is 10.0. The molecule has 5 heteroatoms. The number of H-pyrrole nitrogens is 1. The Bertz CT molecular complexity index is 806. The third-order valence-electron chi connectivity index (χ3n) is 3.07. The number of ketones is 1. The number of carbonyl (C=O) groups is 1. The van der Waals surface area contributed by atoms with Crippen molar-refractivity contribution in [2.24, 2.45) is 0 Å². The second kappa shape index (κ2) is 4.96. The molecule has 0 aliphatic heterocycles. The summed E-state index contributed by atoms with van der Waals surface area (Å²) in [5.41, 5.74) is 8.32. The van der Waals surface area contributed by atoms with Crippen LogP contribution >= 0.6 is 27.5 Å². The molecule has 0 aliphatic carbocycles. The predicted molar refractivity (Wildman–Crippen MR) is 85.3 cm³/mol. The molecule has 0 saturated heterocycles. The van der Waals surface area contributed by atoms with Gasteiger partial charge in [-0.2, -0.15) is 0 Å². The average Bonchev–Trinajstić information content (AvgIpc) is 2.79. The van der Waals surface area contributed by atoms with Gasteiger partial charge in [-0.15, -0.1) is 0 Å². The van der Waals surface area contributed by atoms with Gasteiger partial charge in [-0.1, -0.05) is 27.5 Å². The van der Waals surface area contributed by atoms with Gasteiger partial charge in [0.05, 0.1) is 0 Å². The van der Waals surface area contributed by atoms with Crippen molar-refractivity contribution >= 4 is 49.9 Å². The summed E-state index contributed by atoms with van der Waals surface area (Å²) in [4.78, 5) is 15.7. The first kappa shape index (κ1) is 13.2. The normalized spacial score (nSPS) is 10.9. The van der Waals surface area contributed by atoms with Crippen molar-refractivity contribution in [3.05, 3.63) is 63.2 Å². The van der Waals surface area contributed by atoms with Gasteiger partial charge in [0, 0.05) is 43.4 Å². The molecule has 1 aromatic heterocycles. The number of carbonyl (C=O) groups excluding carboxylic acids is 1. The standard InChI is InChI=1S/C15H10BrClN2O/c16-9-3-8(4-11(18)5-9)15(20)13-7-19-14-2-1-10(17)6-12(13)14/h1-7,19H,18H2. The number of aromatic nitrogens is 1. The fourth-order valence-electron chi connectivity index (χ4n) is 2.18. The van der Waals surface area contributed by atoms with E-state index < -0.39 is 0 Å². The van der Waals surface area contributed by atoms with E-state index in [0.29, 0.717) is 21.8 Å². The topological polar surface area (TPSA) is 58.9 Å². The number of nitrogen functional groups attached to an aromatic ring is 1. The van der Waals surface area contributed by atoms with E-state index in [2.05, 4.69) is 20.9 Å². The van der Waals surface area contributed by atoms with Gasteiger partial charge in [0.2, 0.25) is 0 Å². The van der Waals surface area contributed by atoms with Crippen LogP contribution in [0.25, 0.3) is 10.9 Å². The lowest BCUT2D eigenvalue weighted by Crippen LogP contribution is -2.01. The van der Waals surface area contributed by atoms with E-state index in [9.17, 15) is 4.79 Å². The molecule has 0 bridgehead atoms. The van der Waals surface area contributed by atoms with Crippen LogP contribution in [-0.4, -0.2) is 10.8 Å². The number of fused-ring (bicyclic) bond motifs is 1. The van der Waals surface area contributed by atoms with Crippen molar-refractivity contribution in [1.29, 1.82) is 0 Å². The van der Waals surface area contributed by atoms with Gasteiger partial charge < -0.3 is 10.7 Å². The first-order valence-electron chi connectivity index (χ1n) is 5.92. The van der Waals surface area contributed by atoms with E-state index >= 15 is 0 Å². The SMILES string of the molecule is Nc1cc(Br)cc(C(=O)c2c[nH]c3ccc(Cl)cc23)c1. The molecular weight excluding hydrogens is 340 g/mol. The molecule has 0 amide bonds. The van der Waals surface area contributed by atoms with Gasteiger partial charge in [0.1, 0.15) is 0 Å². The van der Waals surface area contributed by atoms with E-state index in [1.165, 1.54) is 0 Å². The number of aromatic amines is 1. The highest BCUT2D eigenvalue weighted by atomic mass is 79.9. The molecular formula is C15H10BrClN2O. The van der Waals surface area contributed by atoms with Crippen LogP contribution in [0.4, 0.5) is 5.69 Å². The maximum atomic E-state index is 12.6.